The second-order valence-electron chi connectivity index (χ2n) is 5.79. The summed E-state index contributed by atoms with van der Waals surface area (Å²) in [5, 5.41) is 0. The van der Waals surface area contributed by atoms with Gasteiger partial charge in [-0.1, -0.05) is 6.92 Å². The van der Waals surface area contributed by atoms with Crippen molar-refractivity contribution < 1.29 is 9.18 Å². The molecule has 1 amide bonds. The molecule has 21 heavy (non-hydrogen) atoms. The van der Waals surface area contributed by atoms with Gasteiger partial charge >= 0.3 is 0 Å². The van der Waals surface area contributed by atoms with Crippen LogP contribution in [0, 0.1) is 11.7 Å². The zero-order valence-corrected chi connectivity index (χ0v) is 12.6. The van der Waals surface area contributed by atoms with Crippen LogP contribution >= 0.6 is 0 Å². The Labute approximate surface area is 125 Å². The summed E-state index contributed by atoms with van der Waals surface area (Å²) in [6.45, 7) is 7.15. The van der Waals surface area contributed by atoms with Crippen LogP contribution in [-0.4, -0.2) is 55.0 Å². The van der Waals surface area contributed by atoms with E-state index in [0.717, 1.165) is 32.6 Å². The van der Waals surface area contributed by atoms with E-state index in [1.165, 1.54) is 12.1 Å². The molecular weight excluding hydrogens is 269 g/mol. The second kappa shape index (κ2) is 7.52. The van der Waals surface area contributed by atoms with Crippen LogP contribution < -0.4 is 5.73 Å². The van der Waals surface area contributed by atoms with Gasteiger partial charge in [0.25, 0.3) is 5.91 Å². The Kier molecular flexibility index (Phi) is 5.70. The minimum absolute atomic E-state index is 0.0104. The van der Waals surface area contributed by atoms with E-state index in [4.69, 9.17) is 5.73 Å². The van der Waals surface area contributed by atoms with E-state index in [9.17, 15) is 9.18 Å². The highest BCUT2D eigenvalue weighted by Gasteiger charge is 2.20. The van der Waals surface area contributed by atoms with Gasteiger partial charge in [-0.05, 0) is 49.7 Å². The van der Waals surface area contributed by atoms with E-state index in [1.807, 2.05) is 4.90 Å². The molecule has 5 heteroatoms. The van der Waals surface area contributed by atoms with E-state index in [2.05, 4.69) is 11.8 Å². The van der Waals surface area contributed by atoms with E-state index in [-0.39, 0.29) is 11.7 Å². The maximum atomic E-state index is 12.9. The molecule has 1 heterocycles. The Hall–Kier alpha value is -1.46. The Morgan fingerprint density at radius 3 is 2.62 bits per heavy atom. The predicted octanol–water partition coefficient (Wildman–Crippen LogP) is 1.57. The molecule has 1 unspecified atom stereocenters. The van der Waals surface area contributed by atoms with Gasteiger partial charge in [-0.25, -0.2) is 4.39 Å². The summed E-state index contributed by atoms with van der Waals surface area (Å²) >= 11 is 0. The second-order valence-corrected chi connectivity index (χ2v) is 5.79. The molecule has 4 nitrogen and oxygen atoms in total. The molecule has 1 fully saturated rings. The fourth-order valence-electron chi connectivity index (χ4n) is 2.65. The van der Waals surface area contributed by atoms with Crippen LogP contribution in [0.5, 0.6) is 0 Å². The molecular formula is C16H24FN3O. The number of hydrogen-bond acceptors (Lipinski definition) is 3. The van der Waals surface area contributed by atoms with Crippen molar-refractivity contribution in [2.75, 3.05) is 39.3 Å². The largest absolute Gasteiger partial charge is 0.337 e. The first-order valence-electron chi connectivity index (χ1n) is 7.57. The first-order chi connectivity index (χ1) is 10.1. The molecule has 1 aromatic carbocycles. The van der Waals surface area contributed by atoms with Crippen LogP contribution in [-0.2, 0) is 0 Å². The monoisotopic (exact) mass is 293 g/mol. The fraction of sp³-hybridized carbons (Fsp3) is 0.562. The zero-order chi connectivity index (χ0) is 15.2. The molecule has 1 atom stereocenters. The Morgan fingerprint density at radius 2 is 1.95 bits per heavy atom. The van der Waals surface area contributed by atoms with Crippen molar-refractivity contribution in [3.05, 3.63) is 35.6 Å². The van der Waals surface area contributed by atoms with Crippen LogP contribution in [0.4, 0.5) is 4.39 Å². The molecule has 2 N–H and O–H groups in total. The molecule has 0 radical (unpaired) electrons. The SMILES string of the molecule is CC(CN)CN1CCCN(C(=O)c2ccc(F)cc2)CC1. The molecule has 0 saturated carbocycles. The van der Waals surface area contributed by atoms with E-state index < -0.39 is 0 Å². The molecule has 0 spiro atoms. The first kappa shape index (κ1) is 15.9. The predicted molar refractivity (Wildman–Crippen MR) is 81.6 cm³/mol. The van der Waals surface area contributed by atoms with Gasteiger partial charge < -0.3 is 15.5 Å². The summed E-state index contributed by atoms with van der Waals surface area (Å²) in [6.07, 6.45) is 0.963. The molecule has 1 aliphatic rings. The third kappa shape index (κ3) is 4.51. The molecule has 0 bridgehead atoms. The van der Waals surface area contributed by atoms with Gasteiger partial charge in [0.15, 0.2) is 0 Å². The van der Waals surface area contributed by atoms with Gasteiger partial charge in [-0.3, -0.25) is 4.79 Å². The molecule has 0 aromatic heterocycles. The lowest BCUT2D eigenvalue weighted by molar-refractivity contribution is 0.0760. The molecule has 1 aromatic rings. The lowest BCUT2D eigenvalue weighted by Gasteiger charge is -2.24. The first-order valence-corrected chi connectivity index (χ1v) is 7.57. The van der Waals surface area contributed by atoms with Crippen molar-refractivity contribution in [2.24, 2.45) is 11.7 Å². The van der Waals surface area contributed by atoms with Crippen molar-refractivity contribution in [3.8, 4) is 0 Å². The van der Waals surface area contributed by atoms with Gasteiger partial charge in [-0.15, -0.1) is 0 Å². The molecule has 116 valence electrons. The molecule has 1 aliphatic heterocycles. The summed E-state index contributed by atoms with van der Waals surface area (Å²) in [7, 11) is 0. The van der Waals surface area contributed by atoms with Crippen molar-refractivity contribution in [1.29, 1.82) is 0 Å². The third-order valence-corrected chi connectivity index (χ3v) is 3.94. The normalized spacial score (nSPS) is 18.3. The number of carbonyl (C=O) groups excluding carboxylic acids is 1. The van der Waals surface area contributed by atoms with Gasteiger partial charge in [0.2, 0.25) is 0 Å². The van der Waals surface area contributed by atoms with Crippen molar-refractivity contribution in [1.82, 2.24) is 9.80 Å². The fourth-order valence-corrected chi connectivity index (χ4v) is 2.65. The minimum Gasteiger partial charge on any atom is -0.337 e. The number of amides is 1. The number of halogens is 1. The molecule has 2 rings (SSSR count). The summed E-state index contributed by atoms with van der Waals surface area (Å²) in [5.41, 5.74) is 6.23. The van der Waals surface area contributed by atoms with Crippen molar-refractivity contribution >= 4 is 5.91 Å². The number of carbonyl (C=O) groups is 1. The number of hydrogen-bond donors (Lipinski definition) is 1. The number of benzene rings is 1. The third-order valence-electron chi connectivity index (χ3n) is 3.94. The average molecular weight is 293 g/mol. The highest BCUT2D eigenvalue weighted by atomic mass is 19.1. The highest BCUT2D eigenvalue weighted by molar-refractivity contribution is 5.94. The standard InChI is InChI=1S/C16H24FN3O/c1-13(11-18)12-19-7-2-8-20(10-9-19)16(21)14-3-5-15(17)6-4-14/h3-6,13H,2,7-12,18H2,1H3. The van der Waals surface area contributed by atoms with Crippen LogP contribution in [0.15, 0.2) is 24.3 Å². The summed E-state index contributed by atoms with van der Waals surface area (Å²) in [6, 6.07) is 5.77. The summed E-state index contributed by atoms with van der Waals surface area (Å²) in [4.78, 5) is 16.6. The number of nitrogens with zero attached hydrogens (tertiary/aromatic N) is 2. The van der Waals surface area contributed by atoms with Crippen molar-refractivity contribution in [2.45, 2.75) is 13.3 Å². The van der Waals surface area contributed by atoms with Crippen LogP contribution in [0.2, 0.25) is 0 Å². The van der Waals surface area contributed by atoms with Gasteiger partial charge in [-0.2, -0.15) is 0 Å². The number of nitrogens with two attached hydrogens (primary N) is 1. The molecule has 0 aliphatic carbocycles. The van der Waals surface area contributed by atoms with Gasteiger partial charge in [0.05, 0.1) is 0 Å². The zero-order valence-electron chi connectivity index (χ0n) is 12.6. The Balaban J connectivity index is 1.93. The maximum Gasteiger partial charge on any atom is 0.253 e. The minimum atomic E-state index is -0.315. The van der Waals surface area contributed by atoms with E-state index in [0.29, 0.717) is 24.6 Å². The summed E-state index contributed by atoms with van der Waals surface area (Å²) < 4.78 is 12.9. The highest BCUT2D eigenvalue weighted by Crippen LogP contribution is 2.11. The molecule has 1 saturated heterocycles. The van der Waals surface area contributed by atoms with Gasteiger partial charge in [0.1, 0.15) is 5.82 Å². The lowest BCUT2D eigenvalue weighted by Crippen LogP contribution is -2.37. The number of rotatable bonds is 4. The van der Waals surface area contributed by atoms with Crippen molar-refractivity contribution in [3.63, 3.8) is 0 Å². The Bertz CT molecular complexity index is 463. The smallest absolute Gasteiger partial charge is 0.253 e. The summed E-state index contributed by atoms with van der Waals surface area (Å²) in [5.74, 6) is 0.150. The quantitative estimate of drug-likeness (QED) is 0.917. The average Bonchev–Trinajstić information content (AvgIpc) is 2.73. The van der Waals surface area contributed by atoms with Crippen LogP contribution in [0.1, 0.15) is 23.7 Å². The van der Waals surface area contributed by atoms with E-state index >= 15 is 0 Å². The topological polar surface area (TPSA) is 49.6 Å². The Morgan fingerprint density at radius 1 is 1.24 bits per heavy atom. The van der Waals surface area contributed by atoms with Crippen LogP contribution in [0.25, 0.3) is 0 Å². The lowest BCUT2D eigenvalue weighted by atomic mass is 10.1. The van der Waals surface area contributed by atoms with Gasteiger partial charge in [0, 0.05) is 31.7 Å². The maximum absolute atomic E-state index is 12.9. The van der Waals surface area contributed by atoms with E-state index in [1.54, 1.807) is 12.1 Å². The van der Waals surface area contributed by atoms with Crippen LogP contribution in [0.3, 0.4) is 0 Å².